The Balaban J connectivity index is 2.33. The van der Waals surface area contributed by atoms with E-state index in [0.717, 1.165) is 5.92 Å². The summed E-state index contributed by atoms with van der Waals surface area (Å²) < 4.78 is 0. The van der Waals surface area contributed by atoms with E-state index in [2.05, 4.69) is 33.8 Å². The molecule has 0 spiro atoms. The van der Waals surface area contributed by atoms with E-state index < -0.39 is 0 Å². The molecule has 17 heavy (non-hydrogen) atoms. The second kappa shape index (κ2) is 4.59. The SMILES string of the molecule is CC1CC2=CCCC(C)(C)C2C(C(C)C=O)C1. The summed E-state index contributed by atoms with van der Waals surface area (Å²) in [6, 6.07) is 0. The Bertz CT molecular complexity index is 326. The van der Waals surface area contributed by atoms with Gasteiger partial charge in [0.15, 0.2) is 0 Å². The minimum absolute atomic E-state index is 0.212. The van der Waals surface area contributed by atoms with Gasteiger partial charge >= 0.3 is 0 Å². The van der Waals surface area contributed by atoms with Crippen molar-refractivity contribution in [3.05, 3.63) is 11.6 Å². The van der Waals surface area contributed by atoms with Crippen LogP contribution in [0.5, 0.6) is 0 Å². The Morgan fingerprint density at radius 3 is 2.82 bits per heavy atom. The third-order valence-electron chi connectivity index (χ3n) is 5.01. The van der Waals surface area contributed by atoms with Gasteiger partial charge in [0.25, 0.3) is 0 Å². The van der Waals surface area contributed by atoms with E-state index in [0.29, 0.717) is 17.3 Å². The summed E-state index contributed by atoms with van der Waals surface area (Å²) in [5.41, 5.74) is 2.03. The van der Waals surface area contributed by atoms with Crippen molar-refractivity contribution >= 4 is 6.29 Å². The normalized spacial score (nSPS) is 37.9. The lowest BCUT2D eigenvalue weighted by Crippen LogP contribution is -2.41. The van der Waals surface area contributed by atoms with Crippen LogP contribution in [0.1, 0.15) is 53.4 Å². The number of fused-ring (bicyclic) bond motifs is 1. The van der Waals surface area contributed by atoms with E-state index in [1.54, 1.807) is 5.57 Å². The molecule has 0 N–H and O–H groups in total. The molecule has 0 radical (unpaired) electrons. The fourth-order valence-corrected chi connectivity index (χ4v) is 4.18. The molecule has 0 heterocycles. The van der Waals surface area contributed by atoms with Crippen LogP contribution in [0.25, 0.3) is 0 Å². The molecule has 4 unspecified atom stereocenters. The van der Waals surface area contributed by atoms with Gasteiger partial charge in [-0.25, -0.2) is 0 Å². The lowest BCUT2D eigenvalue weighted by molar-refractivity contribution is -0.113. The van der Waals surface area contributed by atoms with E-state index in [9.17, 15) is 4.79 Å². The molecule has 96 valence electrons. The van der Waals surface area contributed by atoms with E-state index in [1.165, 1.54) is 32.0 Å². The molecule has 2 rings (SSSR count). The predicted molar refractivity (Wildman–Crippen MR) is 71.7 cm³/mol. The maximum absolute atomic E-state index is 11.2. The zero-order valence-corrected chi connectivity index (χ0v) is 11.7. The Labute approximate surface area is 106 Å². The van der Waals surface area contributed by atoms with Crippen LogP contribution in [0.3, 0.4) is 0 Å². The second-order valence-electron chi connectivity index (χ2n) is 6.99. The van der Waals surface area contributed by atoms with Crippen LogP contribution in [-0.2, 0) is 4.79 Å². The molecule has 2 aliphatic carbocycles. The molecule has 0 aromatic carbocycles. The highest BCUT2D eigenvalue weighted by atomic mass is 16.1. The summed E-state index contributed by atoms with van der Waals surface area (Å²) in [5.74, 6) is 2.17. The van der Waals surface area contributed by atoms with Gasteiger partial charge in [-0.05, 0) is 48.9 Å². The van der Waals surface area contributed by atoms with Crippen LogP contribution in [-0.4, -0.2) is 6.29 Å². The fourth-order valence-electron chi connectivity index (χ4n) is 4.18. The van der Waals surface area contributed by atoms with Crippen LogP contribution in [0.4, 0.5) is 0 Å². The van der Waals surface area contributed by atoms with Crippen molar-refractivity contribution in [1.29, 1.82) is 0 Å². The summed E-state index contributed by atoms with van der Waals surface area (Å²) >= 11 is 0. The van der Waals surface area contributed by atoms with Gasteiger partial charge in [0.2, 0.25) is 0 Å². The quantitative estimate of drug-likeness (QED) is 0.516. The van der Waals surface area contributed by atoms with Gasteiger partial charge in [-0.1, -0.05) is 39.3 Å². The smallest absolute Gasteiger partial charge is 0.123 e. The third kappa shape index (κ3) is 2.34. The van der Waals surface area contributed by atoms with E-state index in [-0.39, 0.29) is 5.92 Å². The molecule has 0 aliphatic heterocycles. The standard InChI is InChI=1S/C16H26O/c1-11-8-13-6-5-7-16(3,4)15(13)14(9-11)12(2)10-17/h6,10-12,14-15H,5,7-9H2,1-4H3. The third-order valence-corrected chi connectivity index (χ3v) is 5.01. The Morgan fingerprint density at radius 2 is 2.18 bits per heavy atom. The first-order valence-electron chi connectivity index (χ1n) is 7.10. The highest BCUT2D eigenvalue weighted by molar-refractivity contribution is 5.54. The molecule has 0 amide bonds. The van der Waals surface area contributed by atoms with Crippen molar-refractivity contribution in [1.82, 2.24) is 0 Å². The first kappa shape index (κ1) is 12.9. The number of rotatable bonds is 2. The first-order chi connectivity index (χ1) is 7.95. The van der Waals surface area contributed by atoms with Gasteiger partial charge in [-0.15, -0.1) is 0 Å². The number of hydrogen-bond acceptors (Lipinski definition) is 1. The topological polar surface area (TPSA) is 17.1 Å². The Morgan fingerprint density at radius 1 is 1.47 bits per heavy atom. The first-order valence-corrected chi connectivity index (χ1v) is 7.10. The highest BCUT2D eigenvalue weighted by Gasteiger charge is 2.44. The minimum Gasteiger partial charge on any atom is -0.303 e. The predicted octanol–water partition coefficient (Wildman–Crippen LogP) is 4.23. The monoisotopic (exact) mass is 234 g/mol. The zero-order chi connectivity index (χ0) is 12.6. The van der Waals surface area contributed by atoms with E-state index in [4.69, 9.17) is 0 Å². The lowest BCUT2D eigenvalue weighted by Gasteiger charge is -2.49. The molecule has 0 aromatic heterocycles. The molecular formula is C16H26O. The molecule has 2 aliphatic rings. The van der Waals surface area contributed by atoms with Gasteiger partial charge in [0.05, 0.1) is 0 Å². The van der Waals surface area contributed by atoms with Crippen molar-refractivity contribution in [2.24, 2.45) is 29.1 Å². The average Bonchev–Trinajstić information content (AvgIpc) is 2.25. The molecule has 0 saturated heterocycles. The molecular weight excluding hydrogens is 208 g/mol. The average molecular weight is 234 g/mol. The molecule has 0 bridgehead atoms. The van der Waals surface area contributed by atoms with E-state index >= 15 is 0 Å². The van der Waals surface area contributed by atoms with Crippen molar-refractivity contribution < 1.29 is 4.79 Å². The van der Waals surface area contributed by atoms with Crippen molar-refractivity contribution in [3.8, 4) is 0 Å². The second-order valence-corrected chi connectivity index (χ2v) is 6.99. The molecule has 1 fully saturated rings. The molecule has 1 nitrogen and oxygen atoms in total. The highest BCUT2D eigenvalue weighted by Crippen LogP contribution is 2.53. The number of allylic oxidation sites excluding steroid dienone is 2. The van der Waals surface area contributed by atoms with Crippen molar-refractivity contribution in [3.63, 3.8) is 0 Å². The van der Waals surface area contributed by atoms with Gasteiger partial charge in [0.1, 0.15) is 6.29 Å². The molecule has 0 aromatic rings. The van der Waals surface area contributed by atoms with Crippen molar-refractivity contribution in [2.45, 2.75) is 53.4 Å². The number of hydrogen-bond donors (Lipinski definition) is 0. The zero-order valence-electron chi connectivity index (χ0n) is 11.7. The van der Waals surface area contributed by atoms with E-state index in [1.807, 2.05) is 0 Å². The van der Waals surface area contributed by atoms with Crippen LogP contribution >= 0.6 is 0 Å². The maximum Gasteiger partial charge on any atom is 0.123 e. The lowest BCUT2D eigenvalue weighted by atomic mass is 9.55. The van der Waals surface area contributed by atoms with Crippen molar-refractivity contribution in [2.75, 3.05) is 0 Å². The van der Waals surface area contributed by atoms with Gasteiger partial charge < -0.3 is 4.79 Å². The Hall–Kier alpha value is -0.590. The molecule has 1 saturated carbocycles. The summed E-state index contributed by atoms with van der Waals surface area (Å²) in [4.78, 5) is 11.2. The van der Waals surface area contributed by atoms with Crippen LogP contribution in [0.15, 0.2) is 11.6 Å². The van der Waals surface area contributed by atoms with Crippen LogP contribution < -0.4 is 0 Å². The van der Waals surface area contributed by atoms with Gasteiger partial charge in [0, 0.05) is 5.92 Å². The number of aldehydes is 1. The largest absolute Gasteiger partial charge is 0.303 e. The fraction of sp³-hybridized carbons (Fsp3) is 0.812. The summed E-state index contributed by atoms with van der Waals surface area (Å²) in [6.07, 6.45) is 8.63. The molecule has 4 atom stereocenters. The summed E-state index contributed by atoms with van der Waals surface area (Å²) in [7, 11) is 0. The summed E-state index contributed by atoms with van der Waals surface area (Å²) in [5, 5.41) is 0. The number of carbonyl (C=O) groups excluding carboxylic acids is 1. The maximum atomic E-state index is 11.2. The van der Waals surface area contributed by atoms with Crippen LogP contribution in [0, 0.1) is 29.1 Å². The molecule has 1 heteroatoms. The van der Waals surface area contributed by atoms with Gasteiger partial charge in [-0.3, -0.25) is 0 Å². The number of carbonyl (C=O) groups is 1. The Kier molecular flexibility index (Phi) is 3.47. The minimum atomic E-state index is 0.212. The summed E-state index contributed by atoms with van der Waals surface area (Å²) in [6.45, 7) is 9.23. The van der Waals surface area contributed by atoms with Crippen LogP contribution in [0.2, 0.25) is 0 Å². The van der Waals surface area contributed by atoms with Gasteiger partial charge in [-0.2, -0.15) is 0 Å².